The highest BCUT2D eigenvalue weighted by atomic mass is 32.2. The van der Waals surface area contributed by atoms with E-state index in [0.29, 0.717) is 44.5 Å². The number of carbonyl (C=O) groups excluding carboxylic acids is 3. The van der Waals surface area contributed by atoms with Crippen LogP contribution in [0.3, 0.4) is 0 Å². The van der Waals surface area contributed by atoms with Crippen LogP contribution < -0.4 is 30.2 Å². The summed E-state index contributed by atoms with van der Waals surface area (Å²) in [6, 6.07) is 26.0. The molecule has 14 heteroatoms. The summed E-state index contributed by atoms with van der Waals surface area (Å²) in [6.07, 6.45) is 1.43. The van der Waals surface area contributed by atoms with Crippen molar-refractivity contribution in [1.82, 2.24) is 5.32 Å². The van der Waals surface area contributed by atoms with Crippen molar-refractivity contribution < 1.29 is 46.2 Å². The number of hydrogen-bond donors (Lipinski definition) is 3. The Labute approximate surface area is 306 Å². The third kappa shape index (κ3) is 9.15. The van der Waals surface area contributed by atoms with E-state index in [0.717, 1.165) is 11.8 Å². The van der Waals surface area contributed by atoms with E-state index in [-0.39, 0.29) is 11.8 Å². The van der Waals surface area contributed by atoms with Crippen molar-refractivity contribution in [3.05, 3.63) is 149 Å². The van der Waals surface area contributed by atoms with E-state index in [1.165, 1.54) is 39.5 Å². The predicted molar refractivity (Wildman–Crippen MR) is 193 cm³/mol. The Kier molecular flexibility index (Phi) is 12.4. The molecule has 0 spiro atoms. The summed E-state index contributed by atoms with van der Waals surface area (Å²) in [7, 11) is 4.33. The van der Waals surface area contributed by atoms with Crippen LogP contribution in [0.1, 0.15) is 26.7 Å². The zero-order chi connectivity index (χ0) is 38.1. The van der Waals surface area contributed by atoms with E-state index in [4.69, 9.17) is 14.2 Å². The molecule has 0 fully saturated rings. The van der Waals surface area contributed by atoms with Crippen LogP contribution in [0.25, 0.3) is 6.08 Å². The van der Waals surface area contributed by atoms with Crippen molar-refractivity contribution >= 4 is 46.9 Å². The molecule has 0 aromatic heterocycles. The van der Waals surface area contributed by atoms with E-state index in [1.54, 1.807) is 84.9 Å². The second-order valence-electron chi connectivity index (χ2n) is 11.1. The zero-order valence-corrected chi connectivity index (χ0v) is 29.2. The highest BCUT2D eigenvalue weighted by Gasteiger charge is 2.27. The van der Waals surface area contributed by atoms with Crippen molar-refractivity contribution in [1.29, 1.82) is 0 Å². The second-order valence-corrected chi connectivity index (χ2v) is 12.2. The Morgan fingerprint density at radius 1 is 0.698 bits per heavy atom. The Balaban J connectivity index is 1.40. The number of nitrogens with one attached hydrogen (secondary N) is 3. The van der Waals surface area contributed by atoms with Gasteiger partial charge in [-0.15, -0.1) is 11.8 Å². The average molecular weight is 746 g/mol. The maximum Gasteiger partial charge on any atom is 0.272 e. The predicted octanol–water partition coefficient (Wildman–Crippen LogP) is 8.15. The average Bonchev–Trinajstić information content (AvgIpc) is 3.18. The summed E-state index contributed by atoms with van der Waals surface area (Å²) in [6.45, 7) is 0. The molecular weight excluding hydrogens is 715 g/mol. The largest absolute Gasteiger partial charge is 0.493 e. The van der Waals surface area contributed by atoms with Gasteiger partial charge in [0, 0.05) is 22.2 Å². The summed E-state index contributed by atoms with van der Waals surface area (Å²) in [5, 5.41) is 6.26. The lowest BCUT2D eigenvalue weighted by molar-refractivity contribution is -0.116. The first kappa shape index (κ1) is 38.0. The molecule has 3 N–H and O–H groups in total. The lowest BCUT2D eigenvalue weighted by Crippen LogP contribution is -2.30. The molecule has 0 saturated carbocycles. The van der Waals surface area contributed by atoms with E-state index < -0.39 is 51.9 Å². The number of amides is 3. The van der Waals surface area contributed by atoms with Crippen molar-refractivity contribution in [2.75, 3.05) is 32.0 Å². The van der Waals surface area contributed by atoms with Crippen LogP contribution >= 0.6 is 11.8 Å². The first-order valence-corrected chi connectivity index (χ1v) is 16.6. The minimum absolute atomic E-state index is 0.0490. The number of rotatable bonds is 13. The van der Waals surface area contributed by atoms with Gasteiger partial charge in [0.2, 0.25) is 11.7 Å². The van der Waals surface area contributed by atoms with Gasteiger partial charge in [-0.05, 0) is 65.7 Å². The summed E-state index contributed by atoms with van der Waals surface area (Å²) in [5.41, 5.74) is 0.116. The van der Waals surface area contributed by atoms with Crippen LogP contribution in [0.15, 0.2) is 114 Å². The van der Waals surface area contributed by atoms with Crippen molar-refractivity contribution in [3.63, 3.8) is 0 Å². The number of anilines is 2. The smallest absolute Gasteiger partial charge is 0.272 e. The molecule has 0 heterocycles. The normalized spacial score (nSPS) is 11.6. The summed E-state index contributed by atoms with van der Waals surface area (Å²) >= 11 is 0.981. The van der Waals surface area contributed by atoms with E-state index in [9.17, 15) is 31.9 Å². The highest BCUT2D eigenvalue weighted by Crippen LogP contribution is 2.39. The molecule has 0 bridgehead atoms. The zero-order valence-electron chi connectivity index (χ0n) is 28.3. The molecule has 5 rings (SSSR count). The fraction of sp³-hybridized carbons (Fsp3) is 0.103. The molecule has 1 unspecified atom stereocenters. The van der Waals surface area contributed by atoms with Gasteiger partial charge in [-0.3, -0.25) is 14.4 Å². The third-order valence-corrected chi connectivity index (χ3v) is 8.86. The van der Waals surface area contributed by atoms with Crippen LogP contribution in [0.5, 0.6) is 17.2 Å². The molecule has 3 amide bonds. The summed E-state index contributed by atoms with van der Waals surface area (Å²) < 4.78 is 72.7. The van der Waals surface area contributed by atoms with Crippen LogP contribution in [-0.4, -0.2) is 39.1 Å². The van der Waals surface area contributed by atoms with Gasteiger partial charge >= 0.3 is 0 Å². The Bertz CT molecular complexity index is 2100. The topological polar surface area (TPSA) is 115 Å². The SMILES string of the molecule is COc1cc(/C=C(\NC(=O)c2ccccc2)C(=O)Nc2ccc(SC(C(=O)Nc3c(F)c(F)cc(F)c3F)c3ccccc3)cc2)cc(OC)c1OC. The quantitative estimate of drug-likeness (QED) is 0.0483. The molecule has 53 heavy (non-hydrogen) atoms. The van der Waals surface area contributed by atoms with Crippen molar-refractivity contribution in [3.8, 4) is 17.2 Å². The van der Waals surface area contributed by atoms with Gasteiger partial charge < -0.3 is 30.2 Å². The number of benzene rings is 5. The standard InChI is InChI=1S/C39H31F4N3O6S/c1-50-30-19-22(20-31(51-2)35(30)52-3)18-29(45-37(47)24-12-8-5-9-13-24)38(48)44-25-14-16-26(17-15-25)53-36(23-10-6-4-7-11-23)39(49)46-34-32(42)27(40)21-28(41)33(34)43/h4-21,36H,1-3H3,(H,44,48)(H,45,47)(H,46,49)/b29-18-. The minimum Gasteiger partial charge on any atom is -0.493 e. The van der Waals surface area contributed by atoms with Crippen LogP contribution in [0, 0.1) is 23.3 Å². The number of thioether (sulfide) groups is 1. The lowest BCUT2D eigenvalue weighted by atomic mass is 10.1. The first-order valence-electron chi connectivity index (χ1n) is 15.7. The molecule has 0 radical (unpaired) electrons. The van der Waals surface area contributed by atoms with Gasteiger partial charge in [-0.1, -0.05) is 48.5 Å². The minimum atomic E-state index is -1.74. The van der Waals surface area contributed by atoms with Gasteiger partial charge in [0.25, 0.3) is 11.8 Å². The molecule has 0 aliphatic heterocycles. The number of ether oxygens (including phenoxy) is 3. The molecule has 0 saturated heterocycles. The molecule has 0 aliphatic carbocycles. The number of halogens is 4. The number of methoxy groups -OCH3 is 3. The Morgan fingerprint density at radius 2 is 1.26 bits per heavy atom. The molecule has 0 aliphatic rings. The lowest BCUT2D eigenvalue weighted by Gasteiger charge is -2.18. The number of carbonyl (C=O) groups is 3. The van der Waals surface area contributed by atoms with Gasteiger partial charge in [0.05, 0.1) is 21.3 Å². The van der Waals surface area contributed by atoms with E-state index in [2.05, 4.69) is 10.6 Å². The van der Waals surface area contributed by atoms with Gasteiger partial charge in [0.1, 0.15) is 16.6 Å². The van der Waals surface area contributed by atoms with Crippen LogP contribution in [-0.2, 0) is 9.59 Å². The Hall–Kier alpha value is -6.28. The number of hydrogen-bond acceptors (Lipinski definition) is 7. The molecular formula is C39H31F4N3O6S. The molecule has 5 aromatic rings. The van der Waals surface area contributed by atoms with Crippen molar-refractivity contribution in [2.24, 2.45) is 0 Å². The molecule has 1 atom stereocenters. The van der Waals surface area contributed by atoms with Gasteiger partial charge in [0.15, 0.2) is 34.8 Å². The molecule has 9 nitrogen and oxygen atoms in total. The highest BCUT2D eigenvalue weighted by molar-refractivity contribution is 8.00. The fourth-order valence-corrected chi connectivity index (χ4v) is 6.04. The van der Waals surface area contributed by atoms with Crippen LogP contribution in [0.4, 0.5) is 28.9 Å². The molecule has 272 valence electrons. The van der Waals surface area contributed by atoms with E-state index >= 15 is 0 Å². The first-order chi connectivity index (χ1) is 25.5. The van der Waals surface area contributed by atoms with Gasteiger partial charge in [-0.25, -0.2) is 17.6 Å². The van der Waals surface area contributed by atoms with Gasteiger partial charge in [-0.2, -0.15) is 0 Å². The van der Waals surface area contributed by atoms with E-state index in [1.807, 2.05) is 5.32 Å². The summed E-state index contributed by atoms with van der Waals surface area (Å²) in [4.78, 5) is 40.7. The van der Waals surface area contributed by atoms with Crippen LogP contribution in [0.2, 0.25) is 0 Å². The van der Waals surface area contributed by atoms with Crippen molar-refractivity contribution in [2.45, 2.75) is 10.1 Å². The maximum absolute atomic E-state index is 14.4. The maximum atomic E-state index is 14.4. The second kappa shape index (κ2) is 17.3. The molecule has 5 aromatic carbocycles. The Morgan fingerprint density at radius 3 is 1.81 bits per heavy atom. The third-order valence-electron chi connectivity index (χ3n) is 7.59. The monoisotopic (exact) mass is 745 g/mol. The summed E-state index contributed by atoms with van der Waals surface area (Å²) in [5.74, 6) is -8.02. The fourth-order valence-electron chi connectivity index (χ4n) is 5.02.